The Labute approximate surface area is 206 Å². The Kier molecular flexibility index (Phi) is 5.95. The van der Waals surface area contributed by atoms with Gasteiger partial charge < -0.3 is 15.1 Å². The molecule has 0 bridgehead atoms. The molecule has 2 N–H and O–H groups in total. The van der Waals surface area contributed by atoms with E-state index < -0.39 is 17.1 Å². The minimum atomic E-state index is -1.42. The van der Waals surface area contributed by atoms with Crippen molar-refractivity contribution < 1.29 is 19.8 Å². The number of ketones is 2. The molecule has 0 spiro atoms. The van der Waals surface area contributed by atoms with E-state index in [0.717, 1.165) is 55.1 Å². The number of rotatable bonds is 3. The molecule has 0 aromatic carbocycles. The highest BCUT2D eigenvalue weighted by molar-refractivity contribution is 8.23. The summed E-state index contributed by atoms with van der Waals surface area (Å²) >= 11 is 6.92. The third-order valence-corrected chi connectivity index (χ3v) is 11.3. The maximum absolute atomic E-state index is 13.5. The second-order valence-electron chi connectivity index (χ2n) is 11.3. The molecule has 33 heavy (non-hydrogen) atoms. The van der Waals surface area contributed by atoms with Crippen LogP contribution in [0.1, 0.15) is 58.8 Å². The van der Waals surface area contributed by atoms with Crippen LogP contribution >= 0.6 is 24.0 Å². The van der Waals surface area contributed by atoms with Crippen molar-refractivity contribution in [1.82, 2.24) is 4.90 Å². The first-order chi connectivity index (χ1) is 15.6. The molecule has 7 unspecified atom stereocenters. The zero-order valence-electron chi connectivity index (χ0n) is 19.6. The van der Waals surface area contributed by atoms with E-state index >= 15 is 0 Å². The molecule has 1 aliphatic heterocycles. The molecular weight excluding hydrogens is 454 g/mol. The van der Waals surface area contributed by atoms with E-state index in [1.807, 2.05) is 13.0 Å². The first kappa shape index (κ1) is 23.7. The molecule has 7 atom stereocenters. The van der Waals surface area contributed by atoms with Crippen molar-refractivity contribution in [3.63, 3.8) is 0 Å². The van der Waals surface area contributed by atoms with Gasteiger partial charge >= 0.3 is 0 Å². The average molecular weight is 490 g/mol. The molecule has 0 amide bonds. The minimum Gasteiger partial charge on any atom is -0.393 e. The van der Waals surface area contributed by atoms with Crippen LogP contribution in [0.25, 0.3) is 0 Å². The van der Waals surface area contributed by atoms with Crippen molar-refractivity contribution in [1.29, 1.82) is 0 Å². The van der Waals surface area contributed by atoms with Crippen LogP contribution in [0.5, 0.6) is 0 Å². The lowest BCUT2D eigenvalue weighted by Gasteiger charge is -2.59. The number of allylic oxidation sites excluding steroid dienone is 4. The van der Waals surface area contributed by atoms with Crippen molar-refractivity contribution >= 4 is 39.9 Å². The van der Waals surface area contributed by atoms with Gasteiger partial charge in [0.1, 0.15) is 9.92 Å². The molecule has 4 aliphatic carbocycles. The first-order valence-corrected chi connectivity index (χ1v) is 13.8. The van der Waals surface area contributed by atoms with Crippen molar-refractivity contribution in [2.24, 2.45) is 28.6 Å². The fourth-order valence-corrected chi connectivity index (χ4v) is 9.24. The molecule has 1 saturated heterocycles. The molecule has 1 heterocycles. The largest absolute Gasteiger partial charge is 0.393 e. The molecule has 0 aromatic rings. The van der Waals surface area contributed by atoms with Crippen LogP contribution < -0.4 is 0 Å². The molecule has 0 radical (unpaired) electrons. The number of likely N-dealkylation sites (tertiary alicyclic amines) is 1. The van der Waals surface area contributed by atoms with E-state index in [4.69, 9.17) is 12.2 Å². The zero-order chi connectivity index (χ0) is 23.6. The number of hydrogen-bond donors (Lipinski definition) is 2. The number of aliphatic hydroxyl groups is 2. The highest BCUT2D eigenvalue weighted by Gasteiger charge is 2.68. The van der Waals surface area contributed by atoms with E-state index in [1.165, 1.54) is 11.8 Å². The second-order valence-corrected chi connectivity index (χ2v) is 12.9. The lowest BCUT2D eigenvalue weighted by atomic mass is 9.46. The molecule has 5 nitrogen and oxygen atoms in total. The number of fused-ring (bicyclic) bond motifs is 5. The van der Waals surface area contributed by atoms with Crippen LogP contribution in [-0.4, -0.2) is 61.5 Å². The third-order valence-electron chi connectivity index (χ3n) is 9.80. The predicted octanol–water partition coefficient (Wildman–Crippen LogP) is 3.68. The van der Waals surface area contributed by atoms with Crippen LogP contribution in [0, 0.1) is 28.6 Å². The summed E-state index contributed by atoms with van der Waals surface area (Å²) < 4.78 is 0.756. The smallest absolute Gasteiger partial charge is 0.178 e. The van der Waals surface area contributed by atoms with Crippen LogP contribution in [0.4, 0.5) is 0 Å². The van der Waals surface area contributed by atoms with E-state index in [1.54, 1.807) is 12.2 Å². The quantitative estimate of drug-likeness (QED) is 0.586. The summed E-state index contributed by atoms with van der Waals surface area (Å²) in [4.78, 5) is 27.6. The van der Waals surface area contributed by atoms with Gasteiger partial charge in [-0.1, -0.05) is 49.5 Å². The number of carbonyl (C=O) groups is 2. The SMILES string of the molecule is CC12C=CC(=O)C=C1CCC1C2C(O)CC2(C)C1CCC2(O)C(=O)CSC(=S)N1CCCC1. The van der Waals surface area contributed by atoms with E-state index in [-0.39, 0.29) is 40.5 Å². The monoisotopic (exact) mass is 489 g/mol. The van der Waals surface area contributed by atoms with Gasteiger partial charge in [-0.2, -0.15) is 0 Å². The van der Waals surface area contributed by atoms with E-state index in [2.05, 4.69) is 11.8 Å². The highest BCUT2D eigenvalue weighted by atomic mass is 32.2. The van der Waals surface area contributed by atoms with Crippen LogP contribution in [0.3, 0.4) is 0 Å². The Morgan fingerprint density at radius 2 is 2.00 bits per heavy atom. The van der Waals surface area contributed by atoms with Crippen molar-refractivity contribution in [2.45, 2.75) is 70.5 Å². The Hall–Kier alpha value is -1.02. The maximum atomic E-state index is 13.5. The molecule has 5 rings (SSSR count). The number of Topliss-reactive ketones (excluding diaryl/α,β-unsaturated/α-hetero) is 1. The number of nitrogens with zero attached hydrogens (tertiary/aromatic N) is 1. The number of hydrogen-bond acceptors (Lipinski definition) is 6. The zero-order valence-corrected chi connectivity index (χ0v) is 21.2. The van der Waals surface area contributed by atoms with Crippen LogP contribution in [0.2, 0.25) is 0 Å². The summed E-state index contributed by atoms with van der Waals surface area (Å²) in [6.45, 7) is 6.08. The summed E-state index contributed by atoms with van der Waals surface area (Å²) in [6.07, 6.45) is 10.4. The van der Waals surface area contributed by atoms with E-state index in [0.29, 0.717) is 12.8 Å². The first-order valence-electron chi connectivity index (χ1n) is 12.4. The molecule has 7 heteroatoms. The standard InChI is InChI=1S/C26H35NO4S2/c1-24-9-7-17(28)13-16(24)5-6-18-19-8-10-26(31,25(19,2)14-20(29)22(18)24)21(30)15-33-23(32)27-11-3-4-12-27/h7,9,13,18-20,22,29,31H,3-6,8,10-12,14-15H2,1-2H3. The van der Waals surface area contributed by atoms with E-state index in [9.17, 15) is 19.8 Å². The molecular formula is C26H35NO4S2. The molecule has 5 aliphatic rings. The molecule has 3 saturated carbocycles. The minimum absolute atomic E-state index is 0.00879. The van der Waals surface area contributed by atoms with Crippen molar-refractivity contribution in [2.75, 3.05) is 18.8 Å². The summed E-state index contributed by atoms with van der Waals surface area (Å²) in [5.41, 5.74) is -1.28. The molecule has 0 aromatic heterocycles. The van der Waals surface area contributed by atoms with Gasteiger partial charge in [0.05, 0.1) is 11.9 Å². The van der Waals surface area contributed by atoms with Crippen LogP contribution in [-0.2, 0) is 9.59 Å². The highest BCUT2D eigenvalue weighted by Crippen LogP contribution is 2.67. The van der Waals surface area contributed by atoms with Gasteiger partial charge in [-0.3, -0.25) is 9.59 Å². The molecule has 4 fully saturated rings. The average Bonchev–Trinajstić information content (AvgIpc) is 3.39. The Bertz CT molecular complexity index is 941. The van der Waals surface area contributed by atoms with Gasteiger partial charge in [0.15, 0.2) is 11.6 Å². The van der Waals surface area contributed by atoms with Crippen LogP contribution in [0.15, 0.2) is 23.8 Å². The Morgan fingerprint density at radius 1 is 1.27 bits per heavy atom. The summed E-state index contributed by atoms with van der Waals surface area (Å²) in [5, 5.41) is 23.3. The maximum Gasteiger partial charge on any atom is 0.178 e. The number of aliphatic hydroxyl groups excluding tert-OH is 1. The topological polar surface area (TPSA) is 77.8 Å². The second kappa shape index (κ2) is 8.28. The summed E-state index contributed by atoms with van der Waals surface area (Å²) in [5.74, 6) is 0.484. The number of thiocarbonyl (C=S) groups is 1. The number of thioether (sulfide) groups is 1. The van der Waals surface area contributed by atoms with Gasteiger partial charge in [-0.25, -0.2) is 0 Å². The summed E-state index contributed by atoms with van der Waals surface area (Å²) in [6, 6.07) is 0. The lowest BCUT2D eigenvalue weighted by Crippen LogP contribution is -2.61. The predicted molar refractivity (Wildman–Crippen MR) is 134 cm³/mol. The van der Waals surface area contributed by atoms with Crippen molar-refractivity contribution in [3.8, 4) is 0 Å². The van der Waals surface area contributed by atoms with Gasteiger partial charge in [0, 0.05) is 29.8 Å². The fraction of sp³-hybridized carbons (Fsp3) is 0.731. The normalized spacial score (nSPS) is 44.2. The van der Waals surface area contributed by atoms with Gasteiger partial charge in [-0.05, 0) is 68.9 Å². The Morgan fingerprint density at radius 3 is 2.73 bits per heavy atom. The van der Waals surface area contributed by atoms with Gasteiger partial charge in [0.2, 0.25) is 0 Å². The van der Waals surface area contributed by atoms with Gasteiger partial charge in [0.25, 0.3) is 0 Å². The lowest BCUT2D eigenvalue weighted by molar-refractivity contribution is -0.174. The molecule has 180 valence electrons. The third kappa shape index (κ3) is 3.52. The fourth-order valence-electron chi connectivity index (χ4n) is 8.03. The van der Waals surface area contributed by atoms with Crippen molar-refractivity contribution in [3.05, 3.63) is 23.8 Å². The Balaban J connectivity index is 1.36. The number of carbonyl (C=O) groups excluding carboxylic acids is 2. The van der Waals surface area contributed by atoms with Gasteiger partial charge in [-0.15, -0.1) is 0 Å². The summed E-state index contributed by atoms with van der Waals surface area (Å²) in [7, 11) is 0.